The van der Waals surface area contributed by atoms with Crippen molar-refractivity contribution in [3.8, 4) is 0 Å². The van der Waals surface area contributed by atoms with E-state index in [1.54, 1.807) is 6.92 Å². The molecular formula is C7H13FOS. The number of carbonyl (C=O) groups excluding carboxylic acids is 1. The average molecular weight is 164 g/mol. The topological polar surface area (TPSA) is 17.1 Å². The Labute approximate surface area is 65.4 Å². The van der Waals surface area contributed by atoms with Crippen LogP contribution in [0.4, 0.5) is 4.39 Å². The fourth-order valence-electron chi connectivity index (χ4n) is 0.589. The predicted octanol–water partition coefficient (Wildman–Crippen LogP) is 2.41. The highest BCUT2D eigenvalue weighted by Gasteiger charge is 1.93. The van der Waals surface area contributed by atoms with Crippen molar-refractivity contribution in [2.75, 3.05) is 12.4 Å². The molecule has 0 aromatic carbocycles. The van der Waals surface area contributed by atoms with Gasteiger partial charge in [0.1, 0.15) is 0 Å². The van der Waals surface area contributed by atoms with Crippen molar-refractivity contribution in [1.29, 1.82) is 0 Å². The van der Waals surface area contributed by atoms with E-state index in [2.05, 4.69) is 0 Å². The fraction of sp³-hybridized carbons (Fsp3) is 0.857. The molecule has 0 aromatic rings. The van der Waals surface area contributed by atoms with Crippen LogP contribution >= 0.6 is 11.8 Å². The molecule has 0 aliphatic rings. The SMILES string of the molecule is CC(=O)SCCCCCF. The minimum Gasteiger partial charge on any atom is -0.288 e. The summed E-state index contributed by atoms with van der Waals surface area (Å²) in [6.07, 6.45) is 2.49. The first kappa shape index (κ1) is 9.95. The van der Waals surface area contributed by atoms with Gasteiger partial charge in [0, 0.05) is 12.7 Å². The van der Waals surface area contributed by atoms with E-state index < -0.39 is 0 Å². The zero-order valence-corrected chi connectivity index (χ0v) is 7.05. The lowest BCUT2D eigenvalue weighted by molar-refractivity contribution is -0.109. The van der Waals surface area contributed by atoms with Crippen LogP contribution in [0.3, 0.4) is 0 Å². The van der Waals surface area contributed by atoms with Gasteiger partial charge in [-0.05, 0) is 12.8 Å². The molecule has 0 atom stereocenters. The highest BCUT2D eigenvalue weighted by atomic mass is 32.2. The van der Waals surface area contributed by atoms with Crippen LogP contribution in [0.5, 0.6) is 0 Å². The maximum Gasteiger partial charge on any atom is 0.185 e. The summed E-state index contributed by atoms with van der Waals surface area (Å²) < 4.78 is 11.5. The van der Waals surface area contributed by atoms with Crippen molar-refractivity contribution < 1.29 is 9.18 Å². The van der Waals surface area contributed by atoms with Gasteiger partial charge >= 0.3 is 0 Å². The quantitative estimate of drug-likeness (QED) is 0.580. The summed E-state index contributed by atoms with van der Waals surface area (Å²) in [7, 11) is 0. The second-order valence-corrected chi connectivity index (χ2v) is 3.36. The Kier molecular flexibility index (Phi) is 7.03. The van der Waals surface area contributed by atoms with Crippen LogP contribution in [-0.2, 0) is 4.79 Å². The molecule has 0 unspecified atom stereocenters. The zero-order chi connectivity index (χ0) is 7.82. The number of hydrogen-bond acceptors (Lipinski definition) is 2. The molecule has 10 heavy (non-hydrogen) atoms. The van der Waals surface area contributed by atoms with E-state index in [0.29, 0.717) is 6.42 Å². The molecule has 0 radical (unpaired) electrons. The molecule has 0 spiro atoms. The largest absolute Gasteiger partial charge is 0.288 e. The molecule has 1 nitrogen and oxygen atoms in total. The van der Waals surface area contributed by atoms with Crippen LogP contribution < -0.4 is 0 Å². The third kappa shape index (κ3) is 7.95. The van der Waals surface area contributed by atoms with Crippen LogP contribution in [0, 0.1) is 0 Å². The van der Waals surface area contributed by atoms with E-state index >= 15 is 0 Å². The van der Waals surface area contributed by atoms with E-state index in [1.807, 2.05) is 0 Å². The van der Waals surface area contributed by atoms with E-state index in [0.717, 1.165) is 18.6 Å². The minimum atomic E-state index is -0.231. The Morgan fingerprint density at radius 3 is 2.60 bits per heavy atom. The van der Waals surface area contributed by atoms with Crippen LogP contribution in [0.2, 0.25) is 0 Å². The maximum absolute atomic E-state index is 11.5. The zero-order valence-electron chi connectivity index (χ0n) is 6.23. The maximum atomic E-state index is 11.5. The van der Waals surface area contributed by atoms with Gasteiger partial charge in [0.05, 0.1) is 6.67 Å². The van der Waals surface area contributed by atoms with Crippen molar-refractivity contribution in [3.05, 3.63) is 0 Å². The standard InChI is InChI=1S/C7H13FOS/c1-7(9)10-6-4-2-3-5-8/h2-6H2,1H3. The first-order valence-corrected chi connectivity index (χ1v) is 4.45. The molecule has 0 rings (SSSR count). The summed E-state index contributed by atoms with van der Waals surface area (Å²) in [6.45, 7) is 1.32. The predicted molar refractivity (Wildman–Crippen MR) is 43.0 cm³/mol. The fourth-order valence-corrected chi connectivity index (χ4v) is 1.23. The van der Waals surface area contributed by atoms with Gasteiger partial charge in [0.2, 0.25) is 0 Å². The van der Waals surface area contributed by atoms with E-state index in [9.17, 15) is 9.18 Å². The second-order valence-electron chi connectivity index (χ2n) is 2.09. The van der Waals surface area contributed by atoms with E-state index in [-0.39, 0.29) is 11.8 Å². The van der Waals surface area contributed by atoms with Crippen LogP contribution in [0.15, 0.2) is 0 Å². The molecule has 0 aliphatic heterocycles. The number of halogens is 1. The molecule has 0 amide bonds. The van der Waals surface area contributed by atoms with Gasteiger partial charge in [-0.3, -0.25) is 9.18 Å². The Bertz CT molecular complexity index is 95.6. The van der Waals surface area contributed by atoms with Gasteiger partial charge in [-0.25, -0.2) is 0 Å². The lowest BCUT2D eigenvalue weighted by atomic mass is 10.3. The monoisotopic (exact) mass is 164 g/mol. The van der Waals surface area contributed by atoms with Gasteiger partial charge in [-0.15, -0.1) is 0 Å². The molecule has 0 heterocycles. The number of thioether (sulfide) groups is 1. The number of rotatable bonds is 5. The van der Waals surface area contributed by atoms with Gasteiger partial charge in [-0.2, -0.15) is 0 Å². The van der Waals surface area contributed by atoms with Crippen molar-refractivity contribution in [2.45, 2.75) is 26.2 Å². The van der Waals surface area contributed by atoms with Crippen LogP contribution in [-0.4, -0.2) is 17.5 Å². The lowest BCUT2D eigenvalue weighted by Gasteiger charge is -1.94. The number of hydrogen-bond donors (Lipinski definition) is 0. The summed E-state index contributed by atoms with van der Waals surface area (Å²) in [5, 5.41) is 0.153. The molecule has 0 bridgehead atoms. The second kappa shape index (κ2) is 7.06. The lowest BCUT2D eigenvalue weighted by Crippen LogP contribution is -1.86. The average Bonchev–Trinajstić information content (AvgIpc) is 1.87. The summed E-state index contributed by atoms with van der Waals surface area (Å²) in [5.41, 5.74) is 0. The van der Waals surface area contributed by atoms with Crippen molar-refractivity contribution in [3.63, 3.8) is 0 Å². The van der Waals surface area contributed by atoms with Crippen molar-refractivity contribution in [1.82, 2.24) is 0 Å². The molecule has 0 N–H and O–H groups in total. The van der Waals surface area contributed by atoms with Gasteiger partial charge in [-0.1, -0.05) is 18.2 Å². The number of unbranched alkanes of at least 4 members (excludes halogenated alkanes) is 2. The Morgan fingerprint density at radius 1 is 1.40 bits per heavy atom. The Hall–Kier alpha value is -0.0500. The van der Waals surface area contributed by atoms with Gasteiger partial charge in [0.15, 0.2) is 5.12 Å². The smallest absolute Gasteiger partial charge is 0.185 e. The summed E-state index contributed by atoms with van der Waals surface area (Å²) >= 11 is 1.32. The third-order valence-corrected chi connectivity index (χ3v) is 1.98. The number of carbonyl (C=O) groups is 1. The molecule has 0 fully saturated rings. The highest BCUT2D eigenvalue weighted by molar-refractivity contribution is 8.13. The third-order valence-electron chi connectivity index (χ3n) is 1.08. The van der Waals surface area contributed by atoms with E-state index in [1.165, 1.54) is 11.8 Å². The Morgan fingerprint density at radius 2 is 2.10 bits per heavy atom. The van der Waals surface area contributed by atoms with Gasteiger partial charge < -0.3 is 0 Å². The van der Waals surface area contributed by atoms with E-state index in [4.69, 9.17) is 0 Å². The minimum absolute atomic E-state index is 0.153. The molecule has 0 saturated heterocycles. The molecule has 0 saturated carbocycles. The van der Waals surface area contributed by atoms with Crippen molar-refractivity contribution >= 4 is 16.9 Å². The molecular weight excluding hydrogens is 151 g/mol. The summed E-state index contributed by atoms with van der Waals surface area (Å²) in [4.78, 5) is 10.4. The van der Waals surface area contributed by atoms with Gasteiger partial charge in [0.25, 0.3) is 0 Å². The molecule has 3 heteroatoms. The summed E-state index contributed by atoms with van der Waals surface area (Å²) in [5.74, 6) is 0.843. The van der Waals surface area contributed by atoms with Crippen molar-refractivity contribution in [2.24, 2.45) is 0 Å². The Balaban J connectivity index is 2.84. The van der Waals surface area contributed by atoms with Crippen LogP contribution in [0.1, 0.15) is 26.2 Å². The molecule has 0 aromatic heterocycles. The van der Waals surface area contributed by atoms with Crippen LogP contribution in [0.25, 0.3) is 0 Å². The normalized spacial score (nSPS) is 9.80. The number of alkyl halides is 1. The summed E-state index contributed by atoms with van der Waals surface area (Å²) in [6, 6.07) is 0. The highest BCUT2D eigenvalue weighted by Crippen LogP contribution is 2.06. The first-order chi connectivity index (χ1) is 4.77. The molecule has 0 aliphatic carbocycles. The molecule has 60 valence electrons. The first-order valence-electron chi connectivity index (χ1n) is 3.46.